The lowest BCUT2D eigenvalue weighted by atomic mass is 9.70. The topological polar surface area (TPSA) is 44.0 Å². The summed E-state index contributed by atoms with van der Waals surface area (Å²) in [5.74, 6) is 0. The van der Waals surface area contributed by atoms with Gasteiger partial charge in [-0.1, -0.05) is 40.9 Å². The van der Waals surface area contributed by atoms with Gasteiger partial charge in [-0.25, -0.2) is 0 Å². The highest BCUT2D eigenvalue weighted by Crippen LogP contribution is 2.47. The Morgan fingerprint density at radius 2 is 1.89 bits per heavy atom. The van der Waals surface area contributed by atoms with Crippen LogP contribution in [0, 0.1) is 16.7 Å². The first-order valence-electron chi connectivity index (χ1n) is 6.37. The lowest BCUT2D eigenvalue weighted by Crippen LogP contribution is -2.45. The molecule has 1 fully saturated rings. The Hall–Kier alpha value is -0.850. The summed E-state index contributed by atoms with van der Waals surface area (Å²) in [6.07, 6.45) is 4.25. The van der Waals surface area contributed by atoms with Crippen molar-refractivity contribution < 1.29 is 5.11 Å². The van der Waals surface area contributed by atoms with Gasteiger partial charge in [0.2, 0.25) is 0 Å². The second-order valence-electron chi connectivity index (χ2n) is 5.48. The molecular formula is C15H18BrNO. The van der Waals surface area contributed by atoms with Crippen LogP contribution in [0.1, 0.15) is 38.2 Å². The Balaban J connectivity index is 2.21. The molecule has 0 radical (unpaired) electrons. The summed E-state index contributed by atoms with van der Waals surface area (Å²) in [7, 11) is 0. The number of rotatable bonds is 3. The molecule has 2 nitrogen and oxygen atoms in total. The largest absolute Gasteiger partial charge is 0.388 e. The molecular weight excluding hydrogens is 290 g/mol. The fraction of sp³-hybridized carbons (Fsp3) is 0.533. The number of hydrogen-bond acceptors (Lipinski definition) is 2. The Morgan fingerprint density at radius 3 is 2.39 bits per heavy atom. The standard InChI is InChI=1S/C15H18BrNO/c1-14(18,15(11-17)8-2-3-9-15)10-12-4-6-13(16)7-5-12/h4-7,18H,2-3,8-10H2,1H3. The molecule has 1 atom stereocenters. The van der Waals surface area contributed by atoms with E-state index in [-0.39, 0.29) is 0 Å². The number of halogens is 1. The number of aliphatic hydroxyl groups is 1. The maximum absolute atomic E-state index is 10.8. The highest BCUT2D eigenvalue weighted by Gasteiger charge is 2.49. The van der Waals surface area contributed by atoms with Gasteiger partial charge in [0.15, 0.2) is 0 Å². The SMILES string of the molecule is CC(O)(Cc1ccc(Br)cc1)C1(C#N)CCCC1. The van der Waals surface area contributed by atoms with Gasteiger partial charge in [-0.3, -0.25) is 0 Å². The van der Waals surface area contributed by atoms with E-state index in [9.17, 15) is 10.4 Å². The summed E-state index contributed by atoms with van der Waals surface area (Å²) in [6, 6.07) is 10.3. The summed E-state index contributed by atoms with van der Waals surface area (Å²) < 4.78 is 1.03. The second-order valence-corrected chi connectivity index (χ2v) is 6.39. The first kappa shape index (κ1) is 13.6. The minimum Gasteiger partial charge on any atom is -0.388 e. The monoisotopic (exact) mass is 307 g/mol. The van der Waals surface area contributed by atoms with Gasteiger partial charge in [0.1, 0.15) is 0 Å². The zero-order valence-corrected chi connectivity index (χ0v) is 12.2. The van der Waals surface area contributed by atoms with E-state index in [0.717, 1.165) is 35.7 Å². The van der Waals surface area contributed by atoms with Crippen molar-refractivity contribution in [2.45, 2.75) is 44.6 Å². The Kier molecular flexibility index (Phi) is 3.79. The van der Waals surface area contributed by atoms with E-state index in [4.69, 9.17) is 0 Å². The molecule has 0 bridgehead atoms. The third-order valence-corrected chi connectivity index (χ3v) is 4.69. The van der Waals surface area contributed by atoms with Crippen molar-refractivity contribution in [2.75, 3.05) is 0 Å². The summed E-state index contributed by atoms with van der Waals surface area (Å²) in [6.45, 7) is 1.81. The Labute approximate surface area is 117 Å². The summed E-state index contributed by atoms with van der Waals surface area (Å²) in [4.78, 5) is 0. The molecule has 1 N–H and O–H groups in total. The van der Waals surface area contributed by atoms with Crippen LogP contribution in [0.5, 0.6) is 0 Å². The van der Waals surface area contributed by atoms with E-state index in [1.54, 1.807) is 0 Å². The maximum atomic E-state index is 10.8. The normalized spacial score (nSPS) is 21.2. The molecule has 3 heteroatoms. The first-order chi connectivity index (χ1) is 8.49. The van der Waals surface area contributed by atoms with Crippen LogP contribution >= 0.6 is 15.9 Å². The third kappa shape index (κ3) is 2.46. The van der Waals surface area contributed by atoms with Crippen molar-refractivity contribution in [1.29, 1.82) is 5.26 Å². The molecule has 0 aliphatic heterocycles. The predicted molar refractivity (Wildman–Crippen MR) is 75.0 cm³/mol. The smallest absolute Gasteiger partial charge is 0.0860 e. The lowest BCUT2D eigenvalue weighted by Gasteiger charge is -2.37. The number of hydrogen-bond donors (Lipinski definition) is 1. The van der Waals surface area contributed by atoms with Gasteiger partial charge in [-0.2, -0.15) is 5.26 Å². The number of nitrogens with zero attached hydrogens (tertiary/aromatic N) is 1. The fourth-order valence-electron chi connectivity index (χ4n) is 2.92. The van der Waals surface area contributed by atoms with Crippen LogP contribution in [0.25, 0.3) is 0 Å². The molecule has 0 aromatic heterocycles. The van der Waals surface area contributed by atoms with Crippen LogP contribution in [0.2, 0.25) is 0 Å². The van der Waals surface area contributed by atoms with E-state index >= 15 is 0 Å². The van der Waals surface area contributed by atoms with Gasteiger partial charge >= 0.3 is 0 Å². The fourth-order valence-corrected chi connectivity index (χ4v) is 3.18. The van der Waals surface area contributed by atoms with Crippen molar-refractivity contribution in [3.63, 3.8) is 0 Å². The molecule has 1 aliphatic carbocycles. The Morgan fingerprint density at radius 1 is 1.33 bits per heavy atom. The third-order valence-electron chi connectivity index (χ3n) is 4.16. The van der Waals surface area contributed by atoms with Crippen LogP contribution in [0.3, 0.4) is 0 Å². The molecule has 0 heterocycles. The van der Waals surface area contributed by atoms with Crippen LogP contribution in [-0.2, 0) is 6.42 Å². The quantitative estimate of drug-likeness (QED) is 0.922. The summed E-state index contributed by atoms with van der Waals surface area (Å²) in [5.41, 5.74) is -0.448. The van der Waals surface area contributed by atoms with Crippen LogP contribution < -0.4 is 0 Å². The van der Waals surface area contributed by atoms with E-state index < -0.39 is 11.0 Å². The van der Waals surface area contributed by atoms with E-state index in [2.05, 4.69) is 22.0 Å². The zero-order valence-electron chi connectivity index (χ0n) is 10.6. The predicted octanol–water partition coefficient (Wildman–Crippen LogP) is 3.83. The molecule has 18 heavy (non-hydrogen) atoms. The second kappa shape index (κ2) is 5.03. The molecule has 0 amide bonds. The average molecular weight is 308 g/mol. The van der Waals surface area contributed by atoms with E-state index in [0.29, 0.717) is 6.42 Å². The van der Waals surface area contributed by atoms with Gasteiger partial charge in [0.05, 0.1) is 17.1 Å². The molecule has 1 unspecified atom stereocenters. The first-order valence-corrected chi connectivity index (χ1v) is 7.16. The maximum Gasteiger partial charge on any atom is 0.0860 e. The number of nitriles is 1. The van der Waals surface area contributed by atoms with Gasteiger partial charge in [-0.05, 0) is 37.5 Å². The summed E-state index contributed by atoms with van der Waals surface area (Å²) in [5, 5.41) is 20.2. The van der Waals surface area contributed by atoms with Gasteiger partial charge in [-0.15, -0.1) is 0 Å². The minimum atomic E-state index is -0.952. The zero-order chi connectivity index (χ0) is 13.2. The van der Waals surface area contributed by atoms with Crippen molar-refractivity contribution in [2.24, 2.45) is 5.41 Å². The highest BCUT2D eigenvalue weighted by atomic mass is 79.9. The van der Waals surface area contributed by atoms with Gasteiger partial charge in [0.25, 0.3) is 0 Å². The van der Waals surface area contributed by atoms with Gasteiger partial charge in [0, 0.05) is 10.9 Å². The van der Waals surface area contributed by atoms with Crippen molar-refractivity contribution in [3.05, 3.63) is 34.3 Å². The summed E-state index contributed by atoms with van der Waals surface area (Å²) >= 11 is 3.40. The molecule has 0 saturated heterocycles. The van der Waals surface area contributed by atoms with E-state index in [1.165, 1.54) is 0 Å². The van der Waals surface area contributed by atoms with Crippen molar-refractivity contribution in [1.82, 2.24) is 0 Å². The molecule has 1 aliphatic rings. The number of benzene rings is 1. The van der Waals surface area contributed by atoms with Crippen molar-refractivity contribution in [3.8, 4) is 6.07 Å². The molecule has 0 spiro atoms. The molecule has 1 aromatic carbocycles. The minimum absolute atomic E-state index is 0.536. The van der Waals surface area contributed by atoms with Crippen molar-refractivity contribution >= 4 is 15.9 Å². The molecule has 96 valence electrons. The van der Waals surface area contributed by atoms with Gasteiger partial charge < -0.3 is 5.11 Å². The average Bonchev–Trinajstić information content (AvgIpc) is 2.82. The van der Waals surface area contributed by atoms with Crippen LogP contribution in [0.15, 0.2) is 28.7 Å². The molecule has 1 saturated carbocycles. The lowest BCUT2D eigenvalue weighted by molar-refractivity contribution is -0.0359. The van der Waals surface area contributed by atoms with Crippen LogP contribution in [0.4, 0.5) is 0 Å². The Bertz CT molecular complexity index is 452. The highest BCUT2D eigenvalue weighted by molar-refractivity contribution is 9.10. The molecule has 2 rings (SSSR count). The van der Waals surface area contributed by atoms with Crippen LogP contribution in [-0.4, -0.2) is 10.7 Å². The molecule has 1 aromatic rings. The van der Waals surface area contributed by atoms with E-state index in [1.807, 2.05) is 31.2 Å².